The molecule has 1 aliphatic heterocycles. The van der Waals surface area contributed by atoms with E-state index in [1.807, 2.05) is 13.0 Å². The molecule has 0 saturated carbocycles. The molecule has 1 aromatic heterocycles. The third-order valence-electron chi connectivity index (χ3n) is 3.42. The molecule has 0 bridgehead atoms. The van der Waals surface area contributed by atoms with E-state index in [1.54, 1.807) is 6.20 Å². The average molecular weight is 230 g/mol. The molecule has 2 rings (SSSR count). The van der Waals surface area contributed by atoms with Gasteiger partial charge >= 0.3 is 0 Å². The van der Waals surface area contributed by atoms with Crippen LogP contribution in [0.2, 0.25) is 0 Å². The Labute approximate surface area is 102 Å². The molecule has 17 heavy (non-hydrogen) atoms. The highest BCUT2D eigenvalue weighted by Crippen LogP contribution is 2.26. The van der Waals surface area contributed by atoms with Crippen LogP contribution < -0.4 is 10.6 Å². The van der Waals surface area contributed by atoms with Crippen molar-refractivity contribution >= 4 is 5.82 Å². The predicted molar refractivity (Wildman–Crippen MR) is 67.7 cm³/mol. The van der Waals surface area contributed by atoms with E-state index in [9.17, 15) is 5.26 Å². The first kappa shape index (κ1) is 11.9. The van der Waals surface area contributed by atoms with Gasteiger partial charge in [0.2, 0.25) is 0 Å². The third-order valence-corrected chi connectivity index (χ3v) is 3.42. The number of aryl methyl sites for hydroxylation is 1. The van der Waals surface area contributed by atoms with Gasteiger partial charge in [-0.1, -0.05) is 0 Å². The van der Waals surface area contributed by atoms with Crippen molar-refractivity contribution in [3.8, 4) is 6.07 Å². The summed E-state index contributed by atoms with van der Waals surface area (Å²) in [5.41, 5.74) is 7.48. The molecule has 1 aromatic rings. The van der Waals surface area contributed by atoms with Crippen LogP contribution in [0.15, 0.2) is 12.3 Å². The zero-order chi connectivity index (χ0) is 12.3. The molecule has 1 atom stereocenters. The van der Waals surface area contributed by atoms with Crippen LogP contribution in [0, 0.1) is 18.3 Å². The summed E-state index contributed by atoms with van der Waals surface area (Å²) in [6.45, 7) is 3.53. The number of anilines is 1. The van der Waals surface area contributed by atoms with Gasteiger partial charge in [-0.2, -0.15) is 5.26 Å². The molecule has 1 aliphatic rings. The highest BCUT2D eigenvalue weighted by Gasteiger charge is 2.24. The van der Waals surface area contributed by atoms with Crippen molar-refractivity contribution in [2.24, 2.45) is 5.73 Å². The van der Waals surface area contributed by atoms with Gasteiger partial charge in [-0.05, 0) is 37.8 Å². The van der Waals surface area contributed by atoms with Crippen molar-refractivity contribution in [2.75, 3.05) is 18.0 Å². The number of nitrogens with zero attached hydrogens (tertiary/aromatic N) is 3. The second-order valence-electron chi connectivity index (χ2n) is 4.52. The van der Waals surface area contributed by atoms with Gasteiger partial charge < -0.3 is 10.6 Å². The summed E-state index contributed by atoms with van der Waals surface area (Å²) < 4.78 is 0. The molecule has 0 aromatic carbocycles. The highest BCUT2D eigenvalue weighted by atomic mass is 15.2. The lowest BCUT2D eigenvalue weighted by molar-refractivity contribution is 0.462. The molecule has 1 saturated heterocycles. The molecule has 0 spiro atoms. The normalized spacial score (nSPS) is 20.1. The lowest BCUT2D eigenvalue weighted by atomic mass is 10.0. The van der Waals surface area contributed by atoms with E-state index in [4.69, 9.17) is 5.73 Å². The van der Waals surface area contributed by atoms with Gasteiger partial charge in [-0.25, -0.2) is 4.98 Å². The third kappa shape index (κ3) is 2.25. The Balaban J connectivity index is 2.38. The number of piperidine rings is 1. The van der Waals surface area contributed by atoms with Crippen molar-refractivity contribution < 1.29 is 0 Å². The molecule has 0 radical (unpaired) electrons. The number of rotatable bonds is 2. The molecular formula is C13H18N4. The zero-order valence-electron chi connectivity index (χ0n) is 10.2. The fourth-order valence-electron chi connectivity index (χ4n) is 2.42. The number of aromatic nitrogens is 1. The minimum Gasteiger partial charge on any atom is -0.351 e. The van der Waals surface area contributed by atoms with E-state index in [0.29, 0.717) is 18.2 Å². The second-order valence-corrected chi connectivity index (χ2v) is 4.52. The summed E-state index contributed by atoms with van der Waals surface area (Å²) in [5, 5.41) is 9.24. The van der Waals surface area contributed by atoms with E-state index < -0.39 is 0 Å². The molecule has 2 heterocycles. The smallest absolute Gasteiger partial charge is 0.147 e. The van der Waals surface area contributed by atoms with Crippen LogP contribution in [0.25, 0.3) is 0 Å². The largest absolute Gasteiger partial charge is 0.351 e. The van der Waals surface area contributed by atoms with Crippen LogP contribution in [0.3, 0.4) is 0 Å². The van der Waals surface area contributed by atoms with E-state index in [1.165, 1.54) is 6.42 Å². The van der Waals surface area contributed by atoms with Crippen LogP contribution in [0.4, 0.5) is 5.82 Å². The molecule has 4 nitrogen and oxygen atoms in total. The summed E-state index contributed by atoms with van der Waals surface area (Å²) in [7, 11) is 0. The number of nitriles is 1. The fourth-order valence-corrected chi connectivity index (χ4v) is 2.42. The maximum Gasteiger partial charge on any atom is 0.147 e. The van der Waals surface area contributed by atoms with Crippen molar-refractivity contribution in [3.05, 3.63) is 23.4 Å². The van der Waals surface area contributed by atoms with Gasteiger partial charge in [0.15, 0.2) is 0 Å². The molecule has 2 N–H and O–H groups in total. The number of pyridine rings is 1. The van der Waals surface area contributed by atoms with E-state index >= 15 is 0 Å². The fraction of sp³-hybridized carbons (Fsp3) is 0.538. The van der Waals surface area contributed by atoms with Crippen LogP contribution in [0.5, 0.6) is 0 Å². The monoisotopic (exact) mass is 230 g/mol. The van der Waals surface area contributed by atoms with Crippen molar-refractivity contribution in [1.29, 1.82) is 5.26 Å². The summed E-state index contributed by atoms with van der Waals surface area (Å²) in [4.78, 5) is 6.58. The Hall–Kier alpha value is -1.60. The Kier molecular flexibility index (Phi) is 3.60. The van der Waals surface area contributed by atoms with Crippen molar-refractivity contribution in [3.63, 3.8) is 0 Å². The van der Waals surface area contributed by atoms with Crippen LogP contribution in [-0.4, -0.2) is 24.1 Å². The Bertz CT molecular complexity index is 436. The molecule has 0 aliphatic carbocycles. The minimum absolute atomic E-state index is 0.324. The molecule has 90 valence electrons. The Morgan fingerprint density at radius 2 is 2.41 bits per heavy atom. The summed E-state index contributed by atoms with van der Waals surface area (Å²) >= 11 is 0. The first-order valence-electron chi connectivity index (χ1n) is 6.10. The lowest BCUT2D eigenvalue weighted by Crippen LogP contribution is -2.45. The second kappa shape index (κ2) is 5.15. The van der Waals surface area contributed by atoms with Gasteiger partial charge in [0.1, 0.15) is 11.9 Å². The summed E-state index contributed by atoms with van der Waals surface area (Å²) in [6.07, 6.45) is 5.23. The van der Waals surface area contributed by atoms with Crippen molar-refractivity contribution in [2.45, 2.75) is 32.2 Å². The molecule has 1 unspecified atom stereocenters. The predicted octanol–water partition coefficient (Wildman–Crippen LogP) is 1.58. The molecule has 1 fully saturated rings. The van der Waals surface area contributed by atoms with Gasteiger partial charge in [0, 0.05) is 25.3 Å². The van der Waals surface area contributed by atoms with Crippen LogP contribution in [0.1, 0.15) is 30.4 Å². The first-order valence-corrected chi connectivity index (χ1v) is 6.10. The molecule has 0 amide bonds. The Morgan fingerprint density at radius 3 is 3.12 bits per heavy atom. The van der Waals surface area contributed by atoms with Gasteiger partial charge in [0.25, 0.3) is 0 Å². The first-order chi connectivity index (χ1) is 8.27. The maximum atomic E-state index is 9.24. The number of nitrogens with two attached hydrogens (primary N) is 1. The van der Waals surface area contributed by atoms with E-state index in [-0.39, 0.29) is 0 Å². The van der Waals surface area contributed by atoms with E-state index in [0.717, 1.165) is 30.8 Å². The van der Waals surface area contributed by atoms with Gasteiger partial charge in [-0.15, -0.1) is 0 Å². The topological polar surface area (TPSA) is 65.9 Å². The van der Waals surface area contributed by atoms with Crippen LogP contribution >= 0.6 is 0 Å². The van der Waals surface area contributed by atoms with Gasteiger partial charge in [-0.3, -0.25) is 0 Å². The van der Waals surface area contributed by atoms with Crippen LogP contribution in [-0.2, 0) is 0 Å². The maximum absolute atomic E-state index is 9.24. The van der Waals surface area contributed by atoms with Gasteiger partial charge in [0.05, 0.1) is 5.56 Å². The van der Waals surface area contributed by atoms with Crippen molar-refractivity contribution in [1.82, 2.24) is 4.98 Å². The van der Waals surface area contributed by atoms with E-state index in [2.05, 4.69) is 16.0 Å². The minimum atomic E-state index is 0.324. The zero-order valence-corrected chi connectivity index (χ0v) is 10.2. The SMILES string of the molecule is Cc1ccnc(N2CCCCC2CN)c1C#N. The quantitative estimate of drug-likeness (QED) is 0.837. The lowest BCUT2D eigenvalue weighted by Gasteiger charge is -2.36. The Morgan fingerprint density at radius 1 is 1.59 bits per heavy atom. The summed E-state index contributed by atoms with van der Waals surface area (Å²) in [5.74, 6) is 0.808. The number of hydrogen-bond acceptors (Lipinski definition) is 4. The molecule has 4 heteroatoms. The summed E-state index contributed by atoms with van der Waals surface area (Å²) in [6, 6.07) is 4.46. The standard InChI is InChI=1S/C13H18N4/c1-10-5-6-16-13(12(10)9-15)17-7-3-2-4-11(17)8-14/h5-6,11H,2-4,7-8,14H2,1H3. The number of hydrogen-bond donors (Lipinski definition) is 1. The highest BCUT2D eigenvalue weighted by molar-refractivity contribution is 5.58. The average Bonchev–Trinajstić information content (AvgIpc) is 2.38. The molecular weight excluding hydrogens is 212 g/mol.